The molecule has 0 saturated heterocycles. The van der Waals surface area contributed by atoms with E-state index in [9.17, 15) is 0 Å². The predicted octanol–water partition coefficient (Wildman–Crippen LogP) is 2.03. The van der Waals surface area contributed by atoms with E-state index >= 15 is 0 Å². The minimum absolute atomic E-state index is 0.279. The monoisotopic (exact) mass is 290 g/mol. The van der Waals surface area contributed by atoms with Crippen LogP contribution in [0.4, 0.5) is 11.6 Å². The molecule has 1 saturated carbocycles. The Labute approximate surface area is 121 Å². The third-order valence-corrected chi connectivity index (χ3v) is 3.56. The Balaban J connectivity index is 1.55. The molecule has 0 amide bonds. The number of nitrogens with two attached hydrogens (primary N) is 1. The Bertz CT molecular complexity index is 596. The van der Waals surface area contributed by atoms with Gasteiger partial charge in [-0.1, -0.05) is 11.6 Å². The largest absolute Gasteiger partial charge is 0.382 e. The summed E-state index contributed by atoms with van der Waals surface area (Å²) in [5.74, 6) is 2.38. The Morgan fingerprint density at radius 3 is 2.65 bits per heavy atom. The maximum absolute atomic E-state index is 6.00. The second-order valence-electron chi connectivity index (χ2n) is 4.82. The van der Waals surface area contributed by atoms with Crippen LogP contribution < -0.4 is 11.1 Å². The molecule has 3 N–H and O–H groups in total. The highest BCUT2D eigenvalue weighted by molar-refractivity contribution is 6.35. The van der Waals surface area contributed by atoms with Gasteiger partial charge in [0.1, 0.15) is 28.8 Å². The number of hydrogen-bond donors (Lipinski definition) is 2. The molecule has 6 nitrogen and oxygen atoms in total. The Morgan fingerprint density at radius 1 is 1.20 bits per heavy atom. The van der Waals surface area contributed by atoms with Crippen molar-refractivity contribution in [2.45, 2.75) is 25.2 Å². The van der Waals surface area contributed by atoms with Crippen molar-refractivity contribution in [2.75, 3.05) is 17.6 Å². The van der Waals surface area contributed by atoms with Crippen LogP contribution in [0.25, 0.3) is 0 Å². The van der Waals surface area contributed by atoms with Crippen molar-refractivity contribution in [3.8, 4) is 0 Å². The van der Waals surface area contributed by atoms with Gasteiger partial charge < -0.3 is 11.1 Å². The van der Waals surface area contributed by atoms with Gasteiger partial charge in [0.15, 0.2) is 0 Å². The molecular weight excluding hydrogens is 276 g/mol. The van der Waals surface area contributed by atoms with Crippen LogP contribution in [0.1, 0.15) is 30.1 Å². The van der Waals surface area contributed by atoms with E-state index in [4.69, 9.17) is 17.3 Å². The number of hydrogen-bond acceptors (Lipinski definition) is 6. The lowest BCUT2D eigenvalue weighted by molar-refractivity contribution is 0.890. The quantitative estimate of drug-likeness (QED) is 0.876. The van der Waals surface area contributed by atoms with Gasteiger partial charge >= 0.3 is 0 Å². The molecule has 20 heavy (non-hydrogen) atoms. The molecule has 7 heteroatoms. The number of nitrogens with one attached hydrogen (secondary N) is 1. The number of rotatable bonds is 5. The van der Waals surface area contributed by atoms with Crippen LogP contribution >= 0.6 is 11.6 Å². The molecule has 0 aromatic carbocycles. The summed E-state index contributed by atoms with van der Waals surface area (Å²) >= 11 is 6.00. The fourth-order valence-electron chi connectivity index (χ4n) is 1.88. The summed E-state index contributed by atoms with van der Waals surface area (Å²) in [6.45, 7) is 0.683. The van der Waals surface area contributed by atoms with Crippen molar-refractivity contribution < 1.29 is 0 Å². The van der Waals surface area contributed by atoms with Crippen LogP contribution in [-0.4, -0.2) is 26.5 Å². The first-order valence-corrected chi connectivity index (χ1v) is 6.92. The van der Waals surface area contributed by atoms with Gasteiger partial charge in [0, 0.05) is 24.9 Å². The minimum atomic E-state index is 0.279. The molecule has 0 spiro atoms. The number of nitrogen functional groups attached to an aromatic ring is 1. The number of aromatic nitrogens is 4. The van der Waals surface area contributed by atoms with Crippen molar-refractivity contribution in [1.29, 1.82) is 0 Å². The normalized spacial score (nSPS) is 14.2. The maximum atomic E-state index is 6.00. The first kappa shape index (κ1) is 13.1. The van der Waals surface area contributed by atoms with Crippen LogP contribution in [0.2, 0.25) is 5.02 Å². The zero-order valence-corrected chi connectivity index (χ0v) is 11.6. The van der Waals surface area contributed by atoms with Gasteiger partial charge in [-0.05, 0) is 24.8 Å². The van der Waals surface area contributed by atoms with Crippen LogP contribution in [0.15, 0.2) is 18.7 Å². The van der Waals surface area contributed by atoms with Crippen LogP contribution in [0, 0.1) is 0 Å². The van der Waals surface area contributed by atoms with E-state index in [-0.39, 0.29) is 5.82 Å². The highest BCUT2D eigenvalue weighted by atomic mass is 35.5. The molecule has 1 aliphatic carbocycles. The van der Waals surface area contributed by atoms with Gasteiger partial charge in [0.2, 0.25) is 0 Å². The van der Waals surface area contributed by atoms with E-state index in [1.807, 2.05) is 12.4 Å². The van der Waals surface area contributed by atoms with Crippen molar-refractivity contribution in [1.82, 2.24) is 19.9 Å². The fraction of sp³-hybridized carbons (Fsp3) is 0.385. The molecule has 3 rings (SSSR count). The number of anilines is 2. The maximum Gasteiger partial charge on any atom is 0.150 e. The zero-order valence-electron chi connectivity index (χ0n) is 10.9. The Kier molecular flexibility index (Phi) is 3.64. The molecule has 2 aromatic rings. The summed E-state index contributed by atoms with van der Waals surface area (Å²) in [7, 11) is 0. The molecule has 0 bridgehead atoms. The first-order valence-electron chi connectivity index (χ1n) is 6.54. The molecule has 0 radical (unpaired) electrons. The molecular formula is C13H15ClN6. The van der Waals surface area contributed by atoms with Crippen molar-refractivity contribution >= 4 is 23.2 Å². The summed E-state index contributed by atoms with van der Waals surface area (Å²) in [5, 5.41) is 3.49. The summed E-state index contributed by atoms with van der Waals surface area (Å²) in [6.07, 6.45) is 8.39. The first-order chi connectivity index (χ1) is 9.74. The second-order valence-corrected chi connectivity index (χ2v) is 5.20. The third kappa shape index (κ3) is 2.96. The van der Waals surface area contributed by atoms with E-state index in [0.717, 1.165) is 17.8 Å². The second kappa shape index (κ2) is 5.58. The van der Waals surface area contributed by atoms with E-state index in [2.05, 4.69) is 25.3 Å². The Morgan fingerprint density at radius 2 is 1.95 bits per heavy atom. The van der Waals surface area contributed by atoms with Gasteiger partial charge in [-0.15, -0.1) is 0 Å². The van der Waals surface area contributed by atoms with Crippen molar-refractivity contribution in [2.24, 2.45) is 0 Å². The molecule has 0 atom stereocenters. The topological polar surface area (TPSA) is 89.6 Å². The number of halogens is 1. The van der Waals surface area contributed by atoms with Gasteiger partial charge in [-0.25, -0.2) is 19.9 Å². The summed E-state index contributed by atoms with van der Waals surface area (Å²) in [4.78, 5) is 16.6. The van der Waals surface area contributed by atoms with Gasteiger partial charge in [0.25, 0.3) is 0 Å². The predicted molar refractivity (Wildman–Crippen MR) is 77.7 cm³/mol. The van der Waals surface area contributed by atoms with Crippen LogP contribution in [-0.2, 0) is 6.42 Å². The molecule has 1 fully saturated rings. The third-order valence-electron chi connectivity index (χ3n) is 3.19. The summed E-state index contributed by atoms with van der Waals surface area (Å²) in [6, 6.07) is 0. The van der Waals surface area contributed by atoms with E-state index in [1.54, 1.807) is 0 Å². The van der Waals surface area contributed by atoms with E-state index < -0.39 is 0 Å². The highest BCUT2D eigenvalue weighted by Crippen LogP contribution is 2.37. The molecule has 0 unspecified atom stereocenters. The van der Waals surface area contributed by atoms with Gasteiger partial charge in [-0.2, -0.15) is 0 Å². The lowest BCUT2D eigenvalue weighted by Gasteiger charge is -2.08. The molecule has 2 aromatic heterocycles. The number of nitrogens with zero attached hydrogens (tertiary/aromatic N) is 4. The van der Waals surface area contributed by atoms with Crippen molar-refractivity contribution in [3.05, 3.63) is 35.1 Å². The molecule has 0 aliphatic heterocycles. The minimum Gasteiger partial charge on any atom is -0.382 e. The molecule has 1 aliphatic rings. The Hall–Kier alpha value is -1.95. The molecule has 2 heterocycles. The smallest absolute Gasteiger partial charge is 0.150 e. The average Bonchev–Trinajstić information content (AvgIpc) is 3.29. The lowest BCUT2D eigenvalue weighted by Crippen LogP contribution is -2.09. The van der Waals surface area contributed by atoms with E-state index in [1.165, 1.54) is 19.2 Å². The van der Waals surface area contributed by atoms with Crippen LogP contribution in [0.5, 0.6) is 0 Å². The fourth-order valence-corrected chi connectivity index (χ4v) is 2.04. The van der Waals surface area contributed by atoms with Crippen molar-refractivity contribution in [3.63, 3.8) is 0 Å². The van der Waals surface area contributed by atoms with E-state index in [0.29, 0.717) is 23.3 Å². The SMILES string of the molecule is Nc1ncnc(NCCc2cnc(C3CC3)nc2)c1Cl. The summed E-state index contributed by atoms with van der Waals surface area (Å²) in [5.41, 5.74) is 6.69. The lowest BCUT2D eigenvalue weighted by atomic mass is 10.2. The zero-order chi connectivity index (χ0) is 13.9. The average molecular weight is 291 g/mol. The summed E-state index contributed by atoms with van der Waals surface area (Å²) < 4.78 is 0. The standard InChI is InChI=1S/C13H15ClN6/c14-10-11(15)19-7-20-13(10)16-4-3-8-5-17-12(18-6-8)9-1-2-9/h5-7,9H,1-4H2,(H3,15,16,19,20). The van der Waals surface area contributed by atoms with Gasteiger partial charge in [-0.3, -0.25) is 0 Å². The van der Waals surface area contributed by atoms with Crippen LogP contribution in [0.3, 0.4) is 0 Å². The highest BCUT2D eigenvalue weighted by Gasteiger charge is 2.25. The van der Waals surface area contributed by atoms with Gasteiger partial charge in [0.05, 0.1) is 0 Å². The molecule has 104 valence electrons.